The molecule has 1 aromatic carbocycles. The zero-order valence-corrected chi connectivity index (χ0v) is 11.8. The average molecular weight is 287 g/mol. The molecule has 4 N–H and O–H groups in total. The van der Waals surface area contributed by atoms with Crippen molar-refractivity contribution in [2.75, 3.05) is 11.9 Å². The van der Waals surface area contributed by atoms with Gasteiger partial charge in [0.25, 0.3) is 0 Å². The fourth-order valence-electron chi connectivity index (χ4n) is 1.33. The van der Waals surface area contributed by atoms with E-state index in [9.17, 15) is 8.42 Å². The van der Waals surface area contributed by atoms with Crippen molar-refractivity contribution in [3.63, 3.8) is 0 Å². The molecule has 7 heteroatoms. The van der Waals surface area contributed by atoms with E-state index < -0.39 is 10.0 Å². The Morgan fingerprint density at radius 1 is 1.33 bits per heavy atom. The fraction of sp³-hybridized carbons (Fsp3) is 0.364. The minimum Gasteiger partial charge on any atom is -0.376 e. The molecule has 1 aromatic rings. The minimum absolute atomic E-state index is 0.145. The summed E-state index contributed by atoms with van der Waals surface area (Å²) in [6.07, 6.45) is 1.76. The molecule has 5 nitrogen and oxygen atoms in total. The summed E-state index contributed by atoms with van der Waals surface area (Å²) in [7, 11) is -3.42. The van der Waals surface area contributed by atoms with Gasteiger partial charge in [0.1, 0.15) is 0 Å². The van der Waals surface area contributed by atoms with Crippen LogP contribution in [0.1, 0.15) is 19.8 Å². The molecule has 0 amide bonds. The average Bonchev–Trinajstić information content (AvgIpc) is 2.29. The van der Waals surface area contributed by atoms with Crippen molar-refractivity contribution in [3.8, 4) is 0 Å². The fourth-order valence-corrected chi connectivity index (χ4v) is 2.52. The summed E-state index contributed by atoms with van der Waals surface area (Å²) in [4.78, 5) is 0.229. The maximum absolute atomic E-state index is 11.9. The van der Waals surface area contributed by atoms with E-state index in [0.717, 1.165) is 12.8 Å². The normalized spacial score (nSPS) is 11.2. The van der Waals surface area contributed by atoms with Crippen LogP contribution in [0.25, 0.3) is 0 Å². The second-order valence-corrected chi connectivity index (χ2v) is 5.97. The zero-order valence-electron chi connectivity index (χ0n) is 10.1. The first-order chi connectivity index (χ1) is 8.45. The molecule has 0 aliphatic rings. The molecule has 0 bridgehead atoms. The Bertz CT molecular complexity index is 498. The summed E-state index contributed by atoms with van der Waals surface area (Å²) < 4.78 is 26.3. The van der Waals surface area contributed by atoms with Crippen LogP contribution in [0.5, 0.6) is 0 Å². The molecule has 0 fully saturated rings. The van der Waals surface area contributed by atoms with Crippen LogP contribution in [0.2, 0.25) is 0 Å². The molecule has 0 aliphatic carbocycles. The Hall–Kier alpha value is -1.18. The molecule has 0 atom stereocenters. The molecule has 0 aromatic heterocycles. The first kappa shape index (κ1) is 14.9. The zero-order chi connectivity index (χ0) is 13.6. The first-order valence-electron chi connectivity index (χ1n) is 5.62. The van der Waals surface area contributed by atoms with Gasteiger partial charge >= 0.3 is 0 Å². The van der Waals surface area contributed by atoms with Gasteiger partial charge in [-0.1, -0.05) is 13.3 Å². The van der Waals surface area contributed by atoms with E-state index in [1.165, 1.54) is 12.1 Å². The highest BCUT2D eigenvalue weighted by molar-refractivity contribution is 7.89. The van der Waals surface area contributed by atoms with E-state index in [2.05, 4.69) is 10.0 Å². The van der Waals surface area contributed by atoms with Gasteiger partial charge in [0.2, 0.25) is 10.0 Å². The van der Waals surface area contributed by atoms with Gasteiger partial charge in [-0.25, -0.2) is 13.1 Å². The van der Waals surface area contributed by atoms with Crippen LogP contribution in [0.4, 0.5) is 5.69 Å². The van der Waals surface area contributed by atoms with Gasteiger partial charge in [-0.05, 0) is 42.9 Å². The maximum atomic E-state index is 11.9. The van der Waals surface area contributed by atoms with Crippen LogP contribution < -0.4 is 15.8 Å². The van der Waals surface area contributed by atoms with Gasteiger partial charge < -0.3 is 11.1 Å². The number of hydrogen-bond donors (Lipinski definition) is 3. The Morgan fingerprint density at radius 3 is 2.44 bits per heavy atom. The highest BCUT2D eigenvalue weighted by Crippen LogP contribution is 2.13. The monoisotopic (exact) mass is 287 g/mol. The standard InChI is InChI=1S/C11H17N3O2S2/c1-2-3-8-13-18(15,16)10-6-4-9(5-7-10)14-11(12)17/h4-7,13H,2-3,8H2,1H3,(H3,12,14,17). The van der Waals surface area contributed by atoms with E-state index in [-0.39, 0.29) is 10.0 Å². The quantitative estimate of drug-likeness (QED) is 0.544. The maximum Gasteiger partial charge on any atom is 0.240 e. The van der Waals surface area contributed by atoms with Crippen molar-refractivity contribution in [2.45, 2.75) is 24.7 Å². The second kappa shape index (κ2) is 6.67. The van der Waals surface area contributed by atoms with Crippen LogP contribution in [-0.2, 0) is 10.0 Å². The van der Waals surface area contributed by atoms with Crippen molar-refractivity contribution < 1.29 is 8.42 Å². The van der Waals surface area contributed by atoms with Crippen molar-refractivity contribution in [3.05, 3.63) is 24.3 Å². The summed E-state index contributed by atoms with van der Waals surface area (Å²) in [5.41, 5.74) is 5.98. The molecule has 1 rings (SSSR count). The number of rotatable bonds is 6. The summed E-state index contributed by atoms with van der Waals surface area (Å²) >= 11 is 4.69. The van der Waals surface area contributed by atoms with E-state index in [1.807, 2.05) is 6.92 Å². The summed E-state index contributed by atoms with van der Waals surface area (Å²) in [5.74, 6) is 0. The molecular weight excluding hydrogens is 270 g/mol. The third-order valence-electron chi connectivity index (χ3n) is 2.25. The van der Waals surface area contributed by atoms with Crippen LogP contribution in [0.15, 0.2) is 29.2 Å². The van der Waals surface area contributed by atoms with Crippen LogP contribution in [0.3, 0.4) is 0 Å². The Labute approximate surface area is 113 Å². The summed E-state index contributed by atoms with van der Waals surface area (Å²) in [6.45, 7) is 2.45. The van der Waals surface area contributed by atoms with Gasteiger partial charge in [-0.3, -0.25) is 0 Å². The number of anilines is 1. The molecular formula is C11H17N3O2S2. The molecule has 0 radical (unpaired) electrons. The molecule has 0 spiro atoms. The Kier molecular flexibility index (Phi) is 5.52. The number of benzene rings is 1. The number of thiocarbonyl (C=S) groups is 1. The predicted molar refractivity (Wildman–Crippen MR) is 76.9 cm³/mol. The molecule has 18 heavy (non-hydrogen) atoms. The van der Waals surface area contributed by atoms with Crippen LogP contribution >= 0.6 is 12.2 Å². The summed E-state index contributed by atoms with van der Waals surface area (Å²) in [5, 5.41) is 2.87. The number of nitrogens with one attached hydrogen (secondary N) is 2. The minimum atomic E-state index is -3.42. The first-order valence-corrected chi connectivity index (χ1v) is 7.51. The highest BCUT2D eigenvalue weighted by atomic mass is 32.2. The molecule has 0 saturated carbocycles. The molecule has 100 valence electrons. The molecule has 0 heterocycles. The highest BCUT2D eigenvalue weighted by Gasteiger charge is 2.12. The van der Waals surface area contributed by atoms with Gasteiger partial charge in [-0.15, -0.1) is 0 Å². The SMILES string of the molecule is CCCCNS(=O)(=O)c1ccc(NC(N)=S)cc1. The predicted octanol–water partition coefficient (Wildman–Crippen LogP) is 1.42. The van der Waals surface area contributed by atoms with E-state index in [1.54, 1.807) is 12.1 Å². The van der Waals surface area contributed by atoms with Gasteiger partial charge in [0, 0.05) is 12.2 Å². The lowest BCUT2D eigenvalue weighted by Crippen LogP contribution is -2.24. The third-order valence-corrected chi connectivity index (χ3v) is 3.83. The van der Waals surface area contributed by atoms with E-state index >= 15 is 0 Å². The smallest absolute Gasteiger partial charge is 0.240 e. The van der Waals surface area contributed by atoms with Gasteiger partial charge in [0.15, 0.2) is 5.11 Å². The lowest BCUT2D eigenvalue weighted by atomic mass is 10.3. The largest absolute Gasteiger partial charge is 0.376 e. The third kappa shape index (κ3) is 4.59. The lowest BCUT2D eigenvalue weighted by Gasteiger charge is -2.07. The Morgan fingerprint density at radius 2 is 1.94 bits per heavy atom. The van der Waals surface area contributed by atoms with Gasteiger partial charge in [0.05, 0.1) is 4.90 Å². The molecule has 0 unspecified atom stereocenters. The Balaban J connectivity index is 2.74. The van der Waals surface area contributed by atoms with E-state index in [4.69, 9.17) is 18.0 Å². The van der Waals surface area contributed by atoms with Gasteiger partial charge in [-0.2, -0.15) is 0 Å². The molecule has 0 saturated heterocycles. The molecule has 0 aliphatic heterocycles. The van der Waals surface area contributed by atoms with Crippen molar-refractivity contribution in [2.24, 2.45) is 5.73 Å². The lowest BCUT2D eigenvalue weighted by molar-refractivity contribution is 0.578. The van der Waals surface area contributed by atoms with Crippen LogP contribution in [-0.4, -0.2) is 20.1 Å². The van der Waals surface area contributed by atoms with Crippen molar-refractivity contribution in [1.82, 2.24) is 4.72 Å². The number of hydrogen-bond acceptors (Lipinski definition) is 3. The topological polar surface area (TPSA) is 84.2 Å². The number of sulfonamides is 1. The second-order valence-electron chi connectivity index (χ2n) is 3.76. The van der Waals surface area contributed by atoms with Crippen molar-refractivity contribution >= 4 is 33.0 Å². The number of unbranched alkanes of at least 4 members (excludes halogenated alkanes) is 1. The van der Waals surface area contributed by atoms with Crippen molar-refractivity contribution in [1.29, 1.82) is 0 Å². The van der Waals surface area contributed by atoms with E-state index in [0.29, 0.717) is 12.2 Å². The number of nitrogens with two attached hydrogens (primary N) is 1. The summed E-state index contributed by atoms with van der Waals surface area (Å²) in [6, 6.07) is 6.25. The van der Waals surface area contributed by atoms with Crippen LogP contribution in [0, 0.1) is 0 Å².